The molecule has 1 unspecified atom stereocenters. The minimum atomic E-state index is -1.23. The van der Waals surface area contributed by atoms with Crippen molar-refractivity contribution < 1.29 is 25.2 Å². The van der Waals surface area contributed by atoms with Crippen molar-refractivity contribution in [2.75, 3.05) is 33.0 Å². The minimum Gasteiger partial charge on any atom is -0.491 e. The second-order valence-corrected chi connectivity index (χ2v) is 7.73. The maximum Gasteiger partial charge on any atom is 0.120 e. The first-order chi connectivity index (χ1) is 14.4. The summed E-state index contributed by atoms with van der Waals surface area (Å²) < 4.78 is 7.95. The Morgan fingerprint density at radius 1 is 1.00 bits per heavy atom. The number of aliphatic hydroxyl groups excluding tert-OH is 4. The van der Waals surface area contributed by atoms with Gasteiger partial charge in [0.1, 0.15) is 18.5 Å². The van der Waals surface area contributed by atoms with Crippen molar-refractivity contribution >= 4 is 10.9 Å². The van der Waals surface area contributed by atoms with Crippen molar-refractivity contribution in [3.8, 4) is 11.4 Å². The summed E-state index contributed by atoms with van der Waals surface area (Å²) in [6.45, 7) is 2.93. The summed E-state index contributed by atoms with van der Waals surface area (Å²) in [6.07, 6.45) is -0.872. The molecule has 0 bridgehead atoms. The molecule has 0 saturated carbocycles. The van der Waals surface area contributed by atoms with Gasteiger partial charge in [-0.15, -0.1) is 0 Å². The fraction of sp³-hybridized carbons (Fsp3) is 0.391. The Kier molecular flexibility index (Phi) is 7.12. The van der Waals surface area contributed by atoms with Crippen LogP contribution in [0.25, 0.3) is 16.6 Å². The fourth-order valence-corrected chi connectivity index (χ4v) is 3.46. The van der Waals surface area contributed by atoms with Crippen LogP contribution in [-0.2, 0) is 0 Å². The van der Waals surface area contributed by atoms with Crippen LogP contribution in [0.5, 0.6) is 5.75 Å². The average molecular weight is 415 g/mol. The van der Waals surface area contributed by atoms with Gasteiger partial charge in [0.25, 0.3) is 0 Å². The minimum absolute atomic E-state index is 0.0361. The molecule has 0 aliphatic heterocycles. The molecule has 0 spiro atoms. The molecule has 30 heavy (non-hydrogen) atoms. The number of aliphatic hydroxyl groups is 4. The summed E-state index contributed by atoms with van der Waals surface area (Å²) in [7, 11) is 0. The standard InChI is InChI=1S/C23H30N2O5/c1-16-5-3-4-6-21(16)25-17(2)9-18-10-20(7-8-22(18)25)30-12-19(29)11-24-23(13-26,14-27)15-28/h3-10,19,24,26-29H,11-15H2,1-2H3. The highest BCUT2D eigenvalue weighted by Gasteiger charge is 2.28. The third-order valence-corrected chi connectivity index (χ3v) is 5.38. The SMILES string of the molecule is Cc1ccccc1-n1c(C)cc2cc(OCC(O)CNC(CO)(CO)CO)ccc21. The molecule has 0 fully saturated rings. The quantitative estimate of drug-likeness (QED) is 0.342. The lowest BCUT2D eigenvalue weighted by atomic mass is 10.0. The number of aromatic nitrogens is 1. The Bertz CT molecular complexity index is 973. The Morgan fingerprint density at radius 2 is 1.70 bits per heavy atom. The number of nitrogens with zero attached hydrogens (tertiary/aromatic N) is 1. The van der Waals surface area contributed by atoms with Crippen molar-refractivity contribution in [2.45, 2.75) is 25.5 Å². The van der Waals surface area contributed by atoms with Gasteiger partial charge in [0.05, 0.1) is 30.9 Å². The van der Waals surface area contributed by atoms with E-state index in [9.17, 15) is 20.4 Å². The smallest absolute Gasteiger partial charge is 0.120 e. The van der Waals surface area contributed by atoms with E-state index in [4.69, 9.17) is 4.74 Å². The molecule has 0 radical (unpaired) electrons. The van der Waals surface area contributed by atoms with E-state index in [0.717, 1.165) is 22.3 Å². The Labute approximate surface area is 176 Å². The maximum atomic E-state index is 10.2. The molecule has 5 N–H and O–H groups in total. The molecular weight excluding hydrogens is 384 g/mol. The Hall–Kier alpha value is -2.42. The summed E-state index contributed by atoms with van der Waals surface area (Å²) in [5, 5.41) is 42.0. The zero-order chi connectivity index (χ0) is 21.7. The number of hydrogen-bond acceptors (Lipinski definition) is 6. The molecule has 0 saturated heterocycles. The van der Waals surface area contributed by atoms with Gasteiger partial charge < -0.3 is 35.0 Å². The molecule has 1 atom stereocenters. The number of hydrogen-bond donors (Lipinski definition) is 5. The van der Waals surface area contributed by atoms with E-state index in [1.54, 1.807) is 0 Å². The lowest BCUT2D eigenvalue weighted by Gasteiger charge is -2.29. The first-order valence-electron chi connectivity index (χ1n) is 9.99. The van der Waals surface area contributed by atoms with Crippen molar-refractivity contribution in [3.05, 3.63) is 59.8 Å². The summed E-state index contributed by atoms with van der Waals surface area (Å²) in [5.74, 6) is 0.640. The van der Waals surface area contributed by atoms with Gasteiger partial charge >= 0.3 is 0 Å². The topological polar surface area (TPSA) is 107 Å². The van der Waals surface area contributed by atoms with E-state index in [-0.39, 0.29) is 13.2 Å². The molecule has 1 aromatic heterocycles. The van der Waals surface area contributed by atoms with E-state index >= 15 is 0 Å². The molecule has 0 aliphatic rings. The first kappa shape index (κ1) is 22.3. The van der Waals surface area contributed by atoms with Crippen LogP contribution in [0.2, 0.25) is 0 Å². The third kappa shape index (κ3) is 4.66. The maximum absolute atomic E-state index is 10.2. The second-order valence-electron chi connectivity index (χ2n) is 7.73. The van der Waals surface area contributed by atoms with Crippen LogP contribution in [0.3, 0.4) is 0 Å². The number of para-hydroxylation sites is 1. The van der Waals surface area contributed by atoms with E-state index in [0.29, 0.717) is 5.75 Å². The highest BCUT2D eigenvalue weighted by atomic mass is 16.5. The molecule has 3 rings (SSSR count). The van der Waals surface area contributed by atoms with Crippen molar-refractivity contribution in [1.82, 2.24) is 9.88 Å². The Morgan fingerprint density at radius 3 is 2.37 bits per heavy atom. The van der Waals surface area contributed by atoms with E-state index in [1.165, 1.54) is 5.56 Å². The number of benzene rings is 2. The molecular formula is C23H30N2O5. The van der Waals surface area contributed by atoms with Crippen molar-refractivity contribution in [2.24, 2.45) is 0 Å². The molecule has 7 nitrogen and oxygen atoms in total. The van der Waals surface area contributed by atoms with E-state index in [1.807, 2.05) is 30.3 Å². The van der Waals surface area contributed by atoms with Crippen LogP contribution in [-0.4, -0.2) is 69.6 Å². The van der Waals surface area contributed by atoms with Gasteiger partial charge in [0.2, 0.25) is 0 Å². The summed E-state index contributed by atoms with van der Waals surface area (Å²) in [6, 6.07) is 16.2. The predicted molar refractivity (Wildman–Crippen MR) is 116 cm³/mol. The number of rotatable bonds is 10. The molecule has 0 amide bonds. The zero-order valence-corrected chi connectivity index (χ0v) is 17.4. The monoisotopic (exact) mass is 414 g/mol. The van der Waals surface area contributed by atoms with Gasteiger partial charge in [-0.05, 0) is 49.7 Å². The van der Waals surface area contributed by atoms with Crippen LogP contribution in [0.1, 0.15) is 11.3 Å². The predicted octanol–water partition coefficient (Wildman–Crippen LogP) is 1.29. The number of aryl methyl sites for hydroxylation is 2. The van der Waals surface area contributed by atoms with Gasteiger partial charge in [-0.25, -0.2) is 0 Å². The van der Waals surface area contributed by atoms with Crippen LogP contribution in [0.15, 0.2) is 48.5 Å². The lowest BCUT2D eigenvalue weighted by molar-refractivity contribution is 0.0261. The number of ether oxygens (including phenoxy) is 1. The first-order valence-corrected chi connectivity index (χ1v) is 9.99. The molecule has 162 valence electrons. The summed E-state index contributed by atoms with van der Waals surface area (Å²) in [5.41, 5.74) is 3.30. The zero-order valence-electron chi connectivity index (χ0n) is 17.4. The van der Waals surface area contributed by atoms with Crippen molar-refractivity contribution in [1.29, 1.82) is 0 Å². The summed E-state index contributed by atoms with van der Waals surface area (Å²) in [4.78, 5) is 0. The van der Waals surface area contributed by atoms with Gasteiger partial charge in [-0.3, -0.25) is 0 Å². The van der Waals surface area contributed by atoms with Gasteiger partial charge in [-0.2, -0.15) is 0 Å². The highest BCUT2D eigenvalue weighted by molar-refractivity contribution is 5.85. The Balaban J connectivity index is 1.69. The summed E-state index contributed by atoms with van der Waals surface area (Å²) >= 11 is 0. The molecule has 7 heteroatoms. The molecule has 1 heterocycles. The molecule has 2 aromatic carbocycles. The largest absolute Gasteiger partial charge is 0.491 e. The molecule has 0 aliphatic carbocycles. The number of fused-ring (bicyclic) bond motifs is 1. The normalized spacial score (nSPS) is 13.0. The van der Waals surface area contributed by atoms with E-state index in [2.05, 4.69) is 41.9 Å². The van der Waals surface area contributed by atoms with Crippen LogP contribution in [0, 0.1) is 13.8 Å². The van der Waals surface area contributed by atoms with Crippen molar-refractivity contribution in [3.63, 3.8) is 0 Å². The van der Waals surface area contributed by atoms with Crippen LogP contribution >= 0.6 is 0 Å². The average Bonchev–Trinajstić information content (AvgIpc) is 3.09. The van der Waals surface area contributed by atoms with Crippen LogP contribution < -0.4 is 10.1 Å². The lowest BCUT2D eigenvalue weighted by Crippen LogP contribution is -2.57. The van der Waals surface area contributed by atoms with Crippen LogP contribution in [0.4, 0.5) is 0 Å². The van der Waals surface area contributed by atoms with E-state index < -0.39 is 31.5 Å². The van der Waals surface area contributed by atoms with Gasteiger partial charge in [-0.1, -0.05) is 18.2 Å². The molecule has 3 aromatic rings. The number of β-amino-alcohol motifs (C(OH)–C–C–N with tert-alkyl or cyclic N) is 1. The van der Waals surface area contributed by atoms with Gasteiger partial charge in [0, 0.05) is 23.3 Å². The van der Waals surface area contributed by atoms with Gasteiger partial charge in [0.15, 0.2) is 0 Å². The third-order valence-electron chi connectivity index (χ3n) is 5.38. The second kappa shape index (κ2) is 9.59. The number of nitrogens with one attached hydrogen (secondary N) is 1. The highest BCUT2D eigenvalue weighted by Crippen LogP contribution is 2.28. The fourth-order valence-electron chi connectivity index (χ4n) is 3.46.